The van der Waals surface area contributed by atoms with Crippen LogP contribution < -0.4 is 10.6 Å². The molecule has 1 aromatic carbocycles. The third kappa shape index (κ3) is 3.78. The number of halogens is 2. The predicted octanol–water partition coefficient (Wildman–Crippen LogP) is 1.33. The Balaban J connectivity index is 1.75. The standard InChI is InChI=1S/C12H14F2N2O/c13-9-2-1-8(11(14)5-9)6-15-7-12(17)16-10-3-4-10/h1-2,5,10,15H,3-4,6-7H2,(H,16,17). The van der Waals surface area contributed by atoms with Crippen LogP contribution in [0.2, 0.25) is 0 Å². The predicted molar refractivity (Wildman–Crippen MR) is 59.2 cm³/mol. The van der Waals surface area contributed by atoms with E-state index in [1.807, 2.05) is 0 Å². The number of rotatable bonds is 5. The minimum absolute atomic E-state index is 0.0879. The van der Waals surface area contributed by atoms with Crippen molar-refractivity contribution >= 4 is 5.91 Å². The zero-order valence-electron chi connectivity index (χ0n) is 9.30. The maximum Gasteiger partial charge on any atom is 0.234 e. The third-order valence-electron chi connectivity index (χ3n) is 2.56. The Kier molecular flexibility index (Phi) is 3.68. The molecule has 0 radical (unpaired) electrons. The van der Waals surface area contributed by atoms with Crippen molar-refractivity contribution in [3.8, 4) is 0 Å². The molecule has 92 valence electrons. The summed E-state index contributed by atoms with van der Waals surface area (Å²) in [7, 11) is 0. The number of carbonyl (C=O) groups excluding carboxylic acids is 1. The van der Waals surface area contributed by atoms with Crippen LogP contribution in [0.25, 0.3) is 0 Å². The van der Waals surface area contributed by atoms with Crippen LogP contribution in [0.1, 0.15) is 18.4 Å². The Morgan fingerprint density at radius 2 is 2.12 bits per heavy atom. The second-order valence-corrected chi connectivity index (χ2v) is 4.18. The average molecular weight is 240 g/mol. The summed E-state index contributed by atoms with van der Waals surface area (Å²) in [6.07, 6.45) is 2.08. The van der Waals surface area contributed by atoms with Gasteiger partial charge in [-0.05, 0) is 18.9 Å². The summed E-state index contributed by atoms with van der Waals surface area (Å²) in [4.78, 5) is 11.3. The maximum atomic E-state index is 13.2. The molecule has 1 saturated carbocycles. The van der Waals surface area contributed by atoms with Gasteiger partial charge in [0.05, 0.1) is 6.54 Å². The van der Waals surface area contributed by atoms with Crippen LogP contribution in [0.3, 0.4) is 0 Å². The lowest BCUT2D eigenvalue weighted by Crippen LogP contribution is -2.34. The SMILES string of the molecule is O=C(CNCc1ccc(F)cc1F)NC1CC1. The minimum Gasteiger partial charge on any atom is -0.352 e. The normalized spacial score (nSPS) is 14.7. The Morgan fingerprint density at radius 1 is 1.35 bits per heavy atom. The molecule has 0 spiro atoms. The van der Waals surface area contributed by atoms with Gasteiger partial charge in [0.2, 0.25) is 5.91 Å². The fraction of sp³-hybridized carbons (Fsp3) is 0.417. The highest BCUT2D eigenvalue weighted by molar-refractivity contribution is 5.78. The van der Waals surface area contributed by atoms with Crippen molar-refractivity contribution in [1.82, 2.24) is 10.6 Å². The molecule has 2 rings (SSSR count). The molecule has 0 aliphatic heterocycles. The monoisotopic (exact) mass is 240 g/mol. The van der Waals surface area contributed by atoms with Gasteiger partial charge < -0.3 is 10.6 Å². The highest BCUT2D eigenvalue weighted by atomic mass is 19.1. The van der Waals surface area contributed by atoms with Gasteiger partial charge in [-0.25, -0.2) is 8.78 Å². The zero-order valence-corrected chi connectivity index (χ0v) is 9.30. The topological polar surface area (TPSA) is 41.1 Å². The number of nitrogens with one attached hydrogen (secondary N) is 2. The van der Waals surface area contributed by atoms with Crippen molar-refractivity contribution in [1.29, 1.82) is 0 Å². The van der Waals surface area contributed by atoms with E-state index in [4.69, 9.17) is 0 Å². The summed E-state index contributed by atoms with van der Waals surface area (Å²) >= 11 is 0. The summed E-state index contributed by atoms with van der Waals surface area (Å²) in [5.41, 5.74) is 0.352. The fourth-order valence-electron chi connectivity index (χ4n) is 1.48. The van der Waals surface area contributed by atoms with Crippen molar-refractivity contribution in [2.75, 3.05) is 6.54 Å². The summed E-state index contributed by atoms with van der Waals surface area (Å²) < 4.78 is 25.8. The molecule has 0 bridgehead atoms. The molecule has 1 fully saturated rings. The molecule has 5 heteroatoms. The van der Waals surface area contributed by atoms with Gasteiger partial charge in [-0.2, -0.15) is 0 Å². The van der Waals surface area contributed by atoms with Crippen molar-refractivity contribution in [3.05, 3.63) is 35.4 Å². The largest absolute Gasteiger partial charge is 0.352 e. The summed E-state index contributed by atoms with van der Waals surface area (Å²) in [6.45, 7) is 0.359. The van der Waals surface area contributed by atoms with Crippen LogP contribution in [0.15, 0.2) is 18.2 Å². The Hall–Kier alpha value is -1.49. The van der Waals surface area contributed by atoms with E-state index in [0.717, 1.165) is 18.9 Å². The van der Waals surface area contributed by atoms with E-state index in [0.29, 0.717) is 11.6 Å². The first-order valence-corrected chi connectivity index (χ1v) is 5.59. The van der Waals surface area contributed by atoms with Gasteiger partial charge in [0.25, 0.3) is 0 Å². The molecule has 0 saturated heterocycles. The summed E-state index contributed by atoms with van der Waals surface area (Å²) in [5, 5.41) is 5.63. The van der Waals surface area contributed by atoms with E-state index in [2.05, 4.69) is 10.6 Å². The Bertz CT molecular complexity index is 419. The molecule has 1 aliphatic carbocycles. The van der Waals surface area contributed by atoms with Crippen molar-refractivity contribution in [3.63, 3.8) is 0 Å². The molecule has 2 N–H and O–H groups in total. The number of carbonyl (C=O) groups is 1. The van der Waals surface area contributed by atoms with E-state index in [1.165, 1.54) is 12.1 Å². The number of benzene rings is 1. The van der Waals surface area contributed by atoms with Crippen LogP contribution in [-0.2, 0) is 11.3 Å². The van der Waals surface area contributed by atoms with Gasteiger partial charge in [-0.15, -0.1) is 0 Å². The molecule has 1 aliphatic rings. The lowest BCUT2D eigenvalue weighted by molar-refractivity contribution is -0.120. The molecule has 0 heterocycles. The highest BCUT2D eigenvalue weighted by Gasteiger charge is 2.22. The van der Waals surface area contributed by atoms with Crippen LogP contribution in [0.5, 0.6) is 0 Å². The first-order chi connectivity index (χ1) is 8.15. The molecule has 0 unspecified atom stereocenters. The molecular weight excluding hydrogens is 226 g/mol. The molecule has 17 heavy (non-hydrogen) atoms. The van der Waals surface area contributed by atoms with Gasteiger partial charge in [-0.3, -0.25) is 4.79 Å². The molecule has 3 nitrogen and oxygen atoms in total. The second-order valence-electron chi connectivity index (χ2n) is 4.18. The first kappa shape index (κ1) is 12.0. The van der Waals surface area contributed by atoms with E-state index < -0.39 is 11.6 Å². The van der Waals surface area contributed by atoms with Crippen molar-refractivity contribution in [2.45, 2.75) is 25.4 Å². The number of amides is 1. The molecule has 0 atom stereocenters. The van der Waals surface area contributed by atoms with Crippen LogP contribution in [0, 0.1) is 11.6 Å². The first-order valence-electron chi connectivity index (χ1n) is 5.59. The third-order valence-corrected chi connectivity index (χ3v) is 2.56. The van der Waals surface area contributed by atoms with Gasteiger partial charge >= 0.3 is 0 Å². The number of hydrogen-bond donors (Lipinski definition) is 2. The maximum absolute atomic E-state index is 13.2. The van der Waals surface area contributed by atoms with Crippen molar-refractivity contribution < 1.29 is 13.6 Å². The van der Waals surface area contributed by atoms with Gasteiger partial charge in [0.15, 0.2) is 0 Å². The van der Waals surface area contributed by atoms with Gasteiger partial charge in [-0.1, -0.05) is 6.07 Å². The lowest BCUT2D eigenvalue weighted by atomic mass is 10.2. The van der Waals surface area contributed by atoms with E-state index in [9.17, 15) is 13.6 Å². The molecule has 1 aromatic rings. The zero-order chi connectivity index (χ0) is 12.3. The van der Waals surface area contributed by atoms with E-state index >= 15 is 0 Å². The van der Waals surface area contributed by atoms with Crippen LogP contribution in [0.4, 0.5) is 8.78 Å². The van der Waals surface area contributed by atoms with Crippen molar-refractivity contribution in [2.24, 2.45) is 0 Å². The molecule has 1 amide bonds. The van der Waals surface area contributed by atoms with Crippen LogP contribution in [-0.4, -0.2) is 18.5 Å². The smallest absolute Gasteiger partial charge is 0.234 e. The second kappa shape index (κ2) is 5.23. The minimum atomic E-state index is -0.599. The van der Waals surface area contributed by atoms with Gasteiger partial charge in [0, 0.05) is 24.2 Å². The summed E-state index contributed by atoms with van der Waals surface area (Å²) in [6, 6.07) is 3.73. The van der Waals surface area contributed by atoms with Gasteiger partial charge in [0.1, 0.15) is 11.6 Å². The van der Waals surface area contributed by atoms with Crippen LogP contribution >= 0.6 is 0 Å². The summed E-state index contributed by atoms with van der Waals surface area (Å²) in [5.74, 6) is -1.28. The molecular formula is C12H14F2N2O. The Labute approximate surface area is 98.2 Å². The number of hydrogen-bond acceptors (Lipinski definition) is 2. The Morgan fingerprint density at radius 3 is 2.76 bits per heavy atom. The average Bonchev–Trinajstić information content (AvgIpc) is 3.05. The highest BCUT2D eigenvalue weighted by Crippen LogP contribution is 2.18. The quantitative estimate of drug-likeness (QED) is 0.815. The van der Waals surface area contributed by atoms with E-state index in [-0.39, 0.29) is 19.0 Å². The molecule has 0 aromatic heterocycles. The fourth-order valence-corrected chi connectivity index (χ4v) is 1.48. The van der Waals surface area contributed by atoms with E-state index in [1.54, 1.807) is 0 Å². The lowest BCUT2D eigenvalue weighted by Gasteiger charge is -2.06.